The van der Waals surface area contributed by atoms with Crippen LogP contribution in [-0.4, -0.2) is 28.9 Å². The Labute approximate surface area is 220 Å². The summed E-state index contributed by atoms with van der Waals surface area (Å²) in [6.45, 7) is 0. The molecule has 0 aliphatic heterocycles. The van der Waals surface area contributed by atoms with Gasteiger partial charge in [-0.15, -0.1) is 0 Å². The van der Waals surface area contributed by atoms with Gasteiger partial charge in [0.05, 0.1) is 21.7 Å². The molecule has 0 spiro atoms. The largest absolute Gasteiger partial charge is 0.480 e. The van der Waals surface area contributed by atoms with E-state index in [0.29, 0.717) is 24.1 Å². The number of unbranched alkanes of at least 4 members (excludes halogenated alkanes) is 2. The van der Waals surface area contributed by atoms with E-state index in [9.17, 15) is 19.5 Å². The number of carboxylic acids is 1. The molecule has 3 rings (SSSR count). The quantitative estimate of drug-likeness (QED) is 0.308. The third kappa shape index (κ3) is 6.99. The van der Waals surface area contributed by atoms with Crippen LogP contribution in [0.4, 0.5) is 5.69 Å². The zero-order valence-corrected chi connectivity index (χ0v) is 21.4. The second-order valence-electron chi connectivity index (χ2n) is 9.17. The topological polar surface area (TPSA) is 119 Å². The van der Waals surface area contributed by atoms with Crippen LogP contribution in [0.2, 0.25) is 10.0 Å². The van der Waals surface area contributed by atoms with Gasteiger partial charge in [0.25, 0.3) is 5.91 Å². The first-order chi connectivity index (χ1) is 17.3. The highest BCUT2D eigenvalue weighted by Crippen LogP contribution is 2.42. The fourth-order valence-corrected chi connectivity index (χ4v) is 5.26. The molecular formula is C27H29Cl2N3O4. The number of aliphatic carboxylic acids is 1. The van der Waals surface area contributed by atoms with Gasteiger partial charge in [0.1, 0.15) is 6.04 Å². The van der Waals surface area contributed by atoms with Crippen LogP contribution in [-0.2, 0) is 16.0 Å². The van der Waals surface area contributed by atoms with Crippen molar-refractivity contribution in [1.29, 1.82) is 5.26 Å². The van der Waals surface area contributed by atoms with Gasteiger partial charge in [0, 0.05) is 23.9 Å². The van der Waals surface area contributed by atoms with E-state index < -0.39 is 23.3 Å². The Bertz CT molecular complexity index is 1120. The fraction of sp³-hybridized carbons (Fsp3) is 0.407. The molecule has 3 N–H and O–H groups in total. The summed E-state index contributed by atoms with van der Waals surface area (Å²) in [4.78, 5) is 37.7. The lowest BCUT2D eigenvalue weighted by molar-refractivity contribution is -0.144. The van der Waals surface area contributed by atoms with Crippen LogP contribution in [0.15, 0.2) is 42.5 Å². The number of hydrogen-bond acceptors (Lipinski definition) is 4. The number of halogens is 2. The Morgan fingerprint density at radius 1 is 1.03 bits per heavy atom. The molecule has 0 saturated heterocycles. The van der Waals surface area contributed by atoms with Gasteiger partial charge >= 0.3 is 5.97 Å². The van der Waals surface area contributed by atoms with Gasteiger partial charge in [-0.05, 0) is 55.5 Å². The number of hydrogen-bond donors (Lipinski definition) is 3. The molecule has 1 saturated carbocycles. The molecule has 36 heavy (non-hydrogen) atoms. The highest BCUT2D eigenvalue weighted by molar-refractivity contribution is 6.40. The minimum Gasteiger partial charge on any atom is -0.480 e. The van der Waals surface area contributed by atoms with Crippen LogP contribution in [0, 0.1) is 16.7 Å². The van der Waals surface area contributed by atoms with Crippen molar-refractivity contribution in [1.82, 2.24) is 5.32 Å². The Morgan fingerprint density at radius 2 is 1.67 bits per heavy atom. The number of anilines is 1. The molecule has 9 heteroatoms. The van der Waals surface area contributed by atoms with E-state index in [2.05, 4.69) is 16.7 Å². The molecule has 2 aromatic carbocycles. The highest BCUT2D eigenvalue weighted by atomic mass is 35.5. The molecule has 190 valence electrons. The van der Waals surface area contributed by atoms with Crippen LogP contribution in [0.3, 0.4) is 0 Å². The third-order valence-electron chi connectivity index (χ3n) is 6.68. The highest BCUT2D eigenvalue weighted by Gasteiger charge is 2.41. The molecule has 0 unspecified atom stereocenters. The maximum absolute atomic E-state index is 13.2. The molecule has 0 heterocycles. The van der Waals surface area contributed by atoms with Gasteiger partial charge in [0.2, 0.25) is 5.91 Å². The van der Waals surface area contributed by atoms with Crippen LogP contribution in [0.1, 0.15) is 67.3 Å². The predicted octanol–water partition coefficient (Wildman–Crippen LogP) is 6.00. The Balaban J connectivity index is 1.63. The van der Waals surface area contributed by atoms with Crippen molar-refractivity contribution in [3.63, 3.8) is 0 Å². The molecule has 0 radical (unpaired) electrons. The molecule has 1 fully saturated rings. The van der Waals surface area contributed by atoms with Gasteiger partial charge < -0.3 is 15.7 Å². The van der Waals surface area contributed by atoms with Crippen molar-refractivity contribution < 1.29 is 19.5 Å². The number of rotatable bonds is 11. The summed E-state index contributed by atoms with van der Waals surface area (Å²) < 4.78 is 0. The summed E-state index contributed by atoms with van der Waals surface area (Å²) in [5.74, 6) is -1.78. The van der Waals surface area contributed by atoms with E-state index in [1.165, 1.54) is 0 Å². The van der Waals surface area contributed by atoms with Gasteiger partial charge in [-0.3, -0.25) is 9.59 Å². The molecule has 2 amide bonds. The number of benzene rings is 2. The van der Waals surface area contributed by atoms with Gasteiger partial charge in [0.15, 0.2) is 0 Å². The van der Waals surface area contributed by atoms with E-state index >= 15 is 0 Å². The number of carbonyl (C=O) groups excluding carboxylic acids is 2. The minimum atomic E-state index is -1.10. The van der Waals surface area contributed by atoms with E-state index in [-0.39, 0.29) is 27.9 Å². The molecule has 2 aromatic rings. The minimum absolute atomic E-state index is 0.107. The van der Waals surface area contributed by atoms with Crippen molar-refractivity contribution in [2.24, 2.45) is 5.41 Å². The number of nitrogens with zero attached hydrogens (tertiary/aromatic N) is 1. The van der Waals surface area contributed by atoms with Crippen LogP contribution in [0.5, 0.6) is 0 Å². The lowest BCUT2D eigenvalue weighted by atomic mass is 9.79. The van der Waals surface area contributed by atoms with Gasteiger partial charge in [-0.1, -0.05) is 60.7 Å². The van der Waals surface area contributed by atoms with Crippen LogP contribution >= 0.6 is 23.2 Å². The Kier molecular flexibility index (Phi) is 9.74. The number of carbonyl (C=O) groups is 3. The van der Waals surface area contributed by atoms with Gasteiger partial charge in [-0.2, -0.15) is 5.26 Å². The van der Waals surface area contributed by atoms with Crippen molar-refractivity contribution in [2.75, 3.05) is 5.32 Å². The van der Waals surface area contributed by atoms with Crippen molar-refractivity contribution in [2.45, 2.75) is 63.8 Å². The van der Waals surface area contributed by atoms with Crippen molar-refractivity contribution in [3.05, 3.63) is 63.6 Å². The summed E-state index contributed by atoms with van der Waals surface area (Å²) in [5, 5.41) is 24.5. The average Bonchev–Trinajstić information content (AvgIpc) is 3.32. The lowest BCUT2D eigenvalue weighted by Gasteiger charge is -2.29. The van der Waals surface area contributed by atoms with Crippen LogP contribution < -0.4 is 10.6 Å². The first-order valence-corrected chi connectivity index (χ1v) is 12.8. The summed E-state index contributed by atoms with van der Waals surface area (Å²) in [5.41, 5.74) is 0.813. The van der Waals surface area contributed by atoms with Crippen molar-refractivity contribution >= 4 is 46.7 Å². The lowest BCUT2D eigenvalue weighted by Crippen LogP contribution is -2.48. The summed E-state index contributed by atoms with van der Waals surface area (Å²) in [6, 6.07) is 12.6. The van der Waals surface area contributed by atoms with E-state index in [1.807, 2.05) is 0 Å². The first-order valence-electron chi connectivity index (χ1n) is 12.0. The van der Waals surface area contributed by atoms with E-state index in [4.69, 9.17) is 28.5 Å². The maximum Gasteiger partial charge on any atom is 0.326 e. The summed E-state index contributed by atoms with van der Waals surface area (Å²) in [7, 11) is 0. The second kappa shape index (κ2) is 12.8. The second-order valence-corrected chi connectivity index (χ2v) is 9.98. The normalized spacial score (nSPS) is 15.0. The molecule has 0 bridgehead atoms. The summed E-state index contributed by atoms with van der Waals surface area (Å²) >= 11 is 12.2. The Hall–Kier alpha value is -3.08. The zero-order chi connectivity index (χ0) is 26.1. The molecule has 7 nitrogen and oxygen atoms in total. The molecule has 1 aliphatic rings. The molecular weight excluding hydrogens is 501 g/mol. The van der Waals surface area contributed by atoms with E-state index in [1.54, 1.807) is 42.5 Å². The number of nitriles is 1. The smallest absolute Gasteiger partial charge is 0.326 e. The van der Waals surface area contributed by atoms with E-state index in [0.717, 1.165) is 38.5 Å². The predicted molar refractivity (Wildman–Crippen MR) is 139 cm³/mol. The SMILES string of the molecule is N#CCCCCC1(C(=O)N[C@@H](Cc2ccc(NC(=O)c3c(Cl)cccc3Cl)cc2)C(=O)O)CCCC1. The fourth-order valence-electron chi connectivity index (χ4n) is 4.69. The summed E-state index contributed by atoms with van der Waals surface area (Å²) in [6.07, 6.45) is 6.09. The number of nitrogens with one attached hydrogen (secondary N) is 2. The number of carboxylic acid groups (broad SMARTS) is 1. The Morgan fingerprint density at radius 3 is 2.25 bits per heavy atom. The monoisotopic (exact) mass is 529 g/mol. The maximum atomic E-state index is 13.2. The zero-order valence-electron chi connectivity index (χ0n) is 19.9. The average molecular weight is 530 g/mol. The molecule has 0 aromatic heterocycles. The standard InChI is InChI=1S/C27H29Cl2N3O4/c28-20-7-6-8-21(29)23(20)24(33)31-19-11-9-18(10-12-19)17-22(25(34)35)32-26(36)27(14-3-4-15-27)13-2-1-5-16-30/h6-12,22H,1-5,13-15,17H2,(H,31,33)(H,32,36)(H,34,35)/t22-/m0/s1. The number of amides is 2. The molecule has 1 atom stereocenters. The van der Waals surface area contributed by atoms with Crippen LogP contribution in [0.25, 0.3) is 0 Å². The first kappa shape index (κ1) is 27.5. The van der Waals surface area contributed by atoms with Gasteiger partial charge in [-0.25, -0.2) is 4.79 Å². The molecule has 1 aliphatic carbocycles. The third-order valence-corrected chi connectivity index (χ3v) is 7.31. The van der Waals surface area contributed by atoms with Crippen molar-refractivity contribution in [3.8, 4) is 6.07 Å².